The Morgan fingerprint density at radius 3 is 2.61 bits per heavy atom. The number of halogens is 2. The average molecular weight is 584 g/mol. The molecule has 1 unspecified atom stereocenters. The third kappa shape index (κ3) is 4.91. The molecule has 2 aromatic carbocycles. The second-order valence-electron chi connectivity index (χ2n) is 12.0. The van der Waals surface area contributed by atoms with Crippen molar-refractivity contribution in [1.29, 1.82) is 0 Å². The van der Waals surface area contributed by atoms with Gasteiger partial charge >= 0.3 is 6.03 Å². The molecular weight excluding hydrogens is 549 g/mol. The van der Waals surface area contributed by atoms with Crippen molar-refractivity contribution in [3.05, 3.63) is 57.9 Å². The summed E-state index contributed by atoms with van der Waals surface area (Å²) in [5.74, 6) is -2.47. The SMILES string of the molecule is CC(C)N1c2cc(F)c(NC(=O)N3CCC[C@@H](N4Cc5ccc(Cl)cc5C4=O)C3)cc2C(=O)N(CC2CC2)C1(C)O. The van der Waals surface area contributed by atoms with Crippen molar-refractivity contribution >= 4 is 40.8 Å². The molecule has 11 heteroatoms. The molecule has 3 aliphatic heterocycles. The van der Waals surface area contributed by atoms with Crippen LogP contribution >= 0.6 is 11.6 Å². The number of benzene rings is 2. The van der Waals surface area contributed by atoms with Gasteiger partial charge < -0.3 is 25.1 Å². The number of anilines is 2. The third-order valence-corrected chi connectivity index (χ3v) is 8.95. The highest BCUT2D eigenvalue weighted by Crippen LogP contribution is 2.42. The number of nitrogens with one attached hydrogen (secondary N) is 1. The molecule has 4 aliphatic rings. The molecule has 1 saturated heterocycles. The minimum atomic E-state index is -1.61. The molecule has 4 amide bonds. The van der Waals surface area contributed by atoms with Crippen LogP contribution in [0.5, 0.6) is 0 Å². The van der Waals surface area contributed by atoms with Crippen LogP contribution in [0.2, 0.25) is 5.02 Å². The van der Waals surface area contributed by atoms with E-state index in [2.05, 4.69) is 5.32 Å². The topological polar surface area (TPSA) is 96.4 Å². The maximum absolute atomic E-state index is 15.5. The van der Waals surface area contributed by atoms with Gasteiger partial charge in [-0.05, 0) is 69.2 Å². The monoisotopic (exact) mass is 583 g/mol. The van der Waals surface area contributed by atoms with Gasteiger partial charge in [0.15, 0.2) is 0 Å². The number of carbonyl (C=O) groups excluding carboxylic acids is 3. The highest BCUT2D eigenvalue weighted by molar-refractivity contribution is 6.31. The summed E-state index contributed by atoms with van der Waals surface area (Å²) < 4.78 is 15.5. The van der Waals surface area contributed by atoms with Crippen LogP contribution in [-0.4, -0.2) is 75.2 Å². The molecule has 0 aromatic heterocycles. The predicted octanol–water partition coefficient (Wildman–Crippen LogP) is 4.88. The van der Waals surface area contributed by atoms with Crippen molar-refractivity contribution in [3.63, 3.8) is 0 Å². The fraction of sp³-hybridized carbons (Fsp3) is 0.500. The first kappa shape index (κ1) is 27.8. The Labute approximate surface area is 243 Å². The zero-order valence-electron chi connectivity index (χ0n) is 23.5. The summed E-state index contributed by atoms with van der Waals surface area (Å²) in [6.45, 7) is 6.96. The van der Waals surface area contributed by atoms with E-state index in [1.807, 2.05) is 19.9 Å². The molecule has 1 saturated carbocycles. The normalized spacial score (nSPS) is 24.2. The summed E-state index contributed by atoms with van der Waals surface area (Å²) in [7, 11) is 0. The largest absolute Gasteiger partial charge is 0.354 e. The van der Waals surface area contributed by atoms with Crippen molar-refractivity contribution in [2.24, 2.45) is 5.92 Å². The van der Waals surface area contributed by atoms with Gasteiger partial charge in [-0.15, -0.1) is 0 Å². The van der Waals surface area contributed by atoms with Gasteiger partial charge in [0.05, 0.1) is 23.0 Å². The maximum Gasteiger partial charge on any atom is 0.321 e. The molecule has 41 heavy (non-hydrogen) atoms. The van der Waals surface area contributed by atoms with Gasteiger partial charge in [0.1, 0.15) is 5.82 Å². The lowest BCUT2D eigenvalue weighted by Crippen LogP contribution is -2.66. The van der Waals surface area contributed by atoms with E-state index in [0.717, 1.165) is 24.8 Å². The zero-order chi connectivity index (χ0) is 29.2. The number of urea groups is 1. The highest BCUT2D eigenvalue weighted by Gasteiger charge is 2.48. The number of fused-ring (bicyclic) bond motifs is 2. The summed E-state index contributed by atoms with van der Waals surface area (Å²) >= 11 is 6.10. The standard InChI is InChI=1S/C30H35ClFN5O4/c1-17(2)37-26-13-24(32)25(12-23(26)28(39)36(30(37,3)41)14-18-6-7-18)33-29(40)34-10-4-5-21(16-34)35-15-19-8-9-20(31)11-22(19)27(35)38/h8-9,11-13,17-18,21,41H,4-7,10,14-16H2,1-3H3,(H,33,40)/t21-,30?/m1/s1. The van der Waals surface area contributed by atoms with E-state index in [1.54, 1.807) is 33.8 Å². The van der Waals surface area contributed by atoms with E-state index in [1.165, 1.54) is 17.0 Å². The molecule has 0 spiro atoms. The Kier molecular flexibility index (Phi) is 6.89. The van der Waals surface area contributed by atoms with Crippen molar-refractivity contribution in [3.8, 4) is 0 Å². The Balaban J connectivity index is 1.21. The average Bonchev–Trinajstić information content (AvgIpc) is 3.69. The Morgan fingerprint density at radius 1 is 1.15 bits per heavy atom. The fourth-order valence-electron chi connectivity index (χ4n) is 6.49. The number of rotatable bonds is 5. The Bertz CT molecular complexity index is 1430. The second-order valence-corrected chi connectivity index (χ2v) is 12.5. The minimum Gasteiger partial charge on any atom is -0.354 e. The van der Waals surface area contributed by atoms with E-state index in [0.29, 0.717) is 54.8 Å². The summed E-state index contributed by atoms with van der Waals surface area (Å²) in [6.07, 6.45) is 3.44. The molecule has 1 aliphatic carbocycles. The molecule has 2 atom stereocenters. The smallest absolute Gasteiger partial charge is 0.321 e. The molecule has 3 heterocycles. The summed E-state index contributed by atoms with van der Waals surface area (Å²) in [5, 5.41) is 14.6. The first-order chi connectivity index (χ1) is 19.5. The van der Waals surface area contributed by atoms with Crippen LogP contribution in [0, 0.1) is 11.7 Å². The van der Waals surface area contributed by atoms with E-state index in [-0.39, 0.29) is 29.2 Å². The van der Waals surface area contributed by atoms with Crippen molar-refractivity contribution < 1.29 is 23.9 Å². The summed E-state index contributed by atoms with van der Waals surface area (Å²) in [4.78, 5) is 46.5. The van der Waals surface area contributed by atoms with E-state index < -0.39 is 23.6 Å². The van der Waals surface area contributed by atoms with Gasteiger partial charge in [-0.2, -0.15) is 0 Å². The van der Waals surface area contributed by atoms with Gasteiger partial charge in [-0.3, -0.25) is 14.5 Å². The lowest BCUT2D eigenvalue weighted by molar-refractivity contribution is -0.0840. The number of hydrogen-bond acceptors (Lipinski definition) is 5. The second kappa shape index (κ2) is 10.2. The molecule has 218 valence electrons. The molecule has 2 fully saturated rings. The van der Waals surface area contributed by atoms with Gasteiger partial charge in [0.25, 0.3) is 11.8 Å². The number of nitrogens with zero attached hydrogens (tertiary/aromatic N) is 4. The first-order valence-corrected chi connectivity index (χ1v) is 14.7. The van der Waals surface area contributed by atoms with Crippen molar-refractivity contribution in [2.75, 3.05) is 29.9 Å². The van der Waals surface area contributed by atoms with Crippen molar-refractivity contribution in [2.45, 2.75) is 70.9 Å². The lowest BCUT2D eigenvalue weighted by atomic mass is 10.0. The van der Waals surface area contributed by atoms with Gasteiger partial charge in [0.2, 0.25) is 5.85 Å². The Morgan fingerprint density at radius 2 is 1.90 bits per heavy atom. The van der Waals surface area contributed by atoms with Gasteiger partial charge in [0, 0.05) is 55.8 Å². The number of piperidine rings is 1. The van der Waals surface area contributed by atoms with Crippen LogP contribution in [0.1, 0.15) is 72.7 Å². The van der Waals surface area contributed by atoms with E-state index >= 15 is 4.39 Å². The number of amides is 4. The Hall–Kier alpha value is -3.37. The van der Waals surface area contributed by atoms with E-state index in [4.69, 9.17) is 11.6 Å². The summed E-state index contributed by atoms with van der Waals surface area (Å²) in [5.41, 5.74) is 1.93. The first-order valence-electron chi connectivity index (χ1n) is 14.3. The molecular formula is C30H35ClFN5O4. The molecule has 6 rings (SSSR count). The quantitative estimate of drug-likeness (QED) is 0.523. The number of likely N-dealkylation sites (tertiary alicyclic amines) is 1. The maximum atomic E-state index is 15.5. The molecule has 9 nitrogen and oxygen atoms in total. The van der Waals surface area contributed by atoms with Crippen LogP contribution in [0.25, 0.3) is 0 Å². The molecule has 2 aromatic rings. The van der Waals surface area contributed by atoms with Crippen LogP contribution in [0.15, 0.2) is 30.3 Å². The lowest BCUT2D eigenvalue weighted by Gasteiger charge is -2.51. The number of aliphatic hydroxyl groups is 1. The molecule has 0 bridgehead atoms. The highest BCUT2D eigenvalue weighted by atomic mass is 35.5. The molecule has 2 N–H and O–H groups in total. The molecule has 0 radical (unpaired) electrons. The van der Waals surface area contributed by atoms with Crippen LogP contribution in [0.4, 0.5) is 20.6 Å². The number of hydrogen-bond donors (Lipinski definition) is 2. The van der Waals surface area contributed by atoms with Crippen molar-refractivity contribution in [1.82, 2.24) is 14.7 Å². The predicted molar refractivity (Wildman–Crippen MR) is 153 cm³/mol. The zero-order valence-corrected chi connectivity index (χ0v) is 24.2. The van der Waals surface area contributed by atoms with Gasteiger partial charge in [-0.1, -0.05) is 17.7 Å². The van der Waals surface area contributed by atoms with Crippen LogP contribution in [0.3, 0.4) is 0 Å². The van der Waals surface area contributed by atoms with Crippen LogP contribution < -0.4 is 10.2 Å². The van der Waals surface area contributed by atoms with Gasteiger partial charge in [-0.25, -0.2) is 9.18 Å². The summed E-state index contributed by atoms with van der Waals surface area (Å²) in [6, 6.07) is 7.00. The number of carbonyl (C=O) groups is 3. The minimum absolute atomic E-state index is 0.0971. The van der Waals surface area contributed by atoms with E-state index in [9.17, 15) is 19.5 Å². The third-order valence-electron chi connectivity index (χ3n) is 8.71. The van der Waals surface area contributed by atoms with Crippen LogP contribution in [-0.2, 0) is 6.54 Å². The fourth-order valence-corrected chi connectivity index (χ4v) is 6.66.